The van der Waals surface area contributed by atoms with E-state index in [-0.39, 0.29) is 0 Å². The van der Waals surface area contributed by atoms with Crippen LogP contribution in [0.3, 0.4) is 0 Å². The zero-order valence-corrected chi connectivity index (χ0v) is 13.7. The maximum Gasteiger partial charge on any atom is 0.0443 e. The largest absolute Gasteiger partial charge is 0.396 e. The number of rotatable bonds is 4. The van der Waals surface area contributed by atoms with E-state index in [1.807, 2.05) is 27.7 Å². The lowest BCUT2D eigenvalue weighted by molar-refractivity contribution is 0.216. The van der Waals surface area contributed by atoms with Crippen molar-refractivity contribution < 1.29 is 5.11 Å². The Hall–Kier alpha value is -1.06. The van der Waals surface area contributed by atoms with E-state index in [4.69, 9.17) is 5.11 Å². The van der Waals surface area contributed by atoms with Gasteiger partial charge in [-0.25, -0.2) is 0 Å². The van der Waals surface area contributed by atoms with Gasteiger partial charge in [0.05, 0.1) is 0 Å². The van der Waals surface area contributed by atoms with Crippen molar-refractivity contribution in [2.75, 3.05) is 44.2 Å². The molecule has 1 aliphatic rings. The van der Waals surface area contributed by atoms with Crippen LogP contribution in [-0.4, -0.2) is 49.3 Å². The summed E-state index contributed by atoms with van der Waals surface area (Å²) in [7, 11) is 0. The van der Waals surface area contributed by atoms with Gasteiger partial charge in [-0.3, -0.25) is 4.90 Å². The van der Waals surface area contributed by atoms with Crippen LogP contribution in [0.5, 0.6) is 0 Å². The number of nitrogens with zero attached hydrogens (tertiary/aromatic N) is 2. The van der Waals surface area contributed by atoms with E-state index in [0.29, 0.717) is 6.61 Å². The van der Waals surface area contributed by atoms with Gasteiger partial charge in [-0.2, -0.15) is 0 Å². The lowest BCUT2D eigenvalue weighted by Gasteiger charge is -2.36. The first-order valence-corrected chi connectivity index (χ1v) is 8.03. The van der Waals surface area contributed by atoms with Crippen molar-refractivity contribution >= 4 is 5.69 Å². The van der Waals surface area contributed by atoms with Crippen LogP contribution < -0.4 is 4.90 Å². The lowest BCUT2D eigenvalue weighted by atomic mass is 10.2. The molecule has 0 saturated carbocycles. The molecule has 2 rings (SSSR count). The maximum absolute atomic E-state index is 8.79. The van der Waals surface area contributed by atoms with Gasteiger partial charge in [0.25, 0.3) is 0 Å². The average molecular weight is 280 g/mol. The second-order valence-electron chi connectivity index (χ2n) is 4.24. The Morgan fingerprint density at radius 3 is 1.95 bits per heavy atom. The molecule has 3 heteroatoms. The van der Waals surface area contributed by atoms with Crippen LogP contribution in [0.15, 0.2) is 30.3 Å². The Kier molecular flexibility index (Phi) is 12.3. The molecule has 1 aromatic rings. The normalized spacial score (nSPS) is 14.8. The Morgan fingerprint density at radius 2 is 1.45 bits per heavy atom. The maximum atomic E-state index is 8.79. The Balaban J connectivity index is 0.000000829. The second kappa shape index (κ2) is 12.9. The van der Waals surface area contributed by atoms with Crippen LogP contribution in [0.1, 0.15) is 34.1 Å². The highest BCUT2D eigenvalue weighted by Gasteiger charge is 2.15. The number of aliphatic hydroxyl groups is 1. The molecular weight excluding hydrogens is 248 g/mol. The fourth-order valence-electron chi connectivity index (χ4n) is 2.16. The van der Waals surface area contributed by atoms with Gasteiger partial charge in [0, 0.05) is 45.0 Å². The topological polar surface area (TPSA) is 26.7 Å². The molecule has 0 amide bonds. The van der Waals surface area contributed by atoms with Crippen molar-refractivity contribution in [3.05, 3.63) is 30.3 Å². The molecule has 1 N–H and O–H groups in total. The van der Waals surface area contributed by atoms with Gasteiger partial charge in [0.1, 0.15) is 0 Å². The van der Waals surface area contributed by atoms with E-state index in [0.717, 1.165) is 39.1 Å². The Morgan fingerprint density at radius 1 is 0.900 bits per heavy atom. The average Bonchev–Trinajstić information content (AvgIpc) is 2.58. The lowest BCUT2D eigenvalue weighted by Crippen LogP contribution is -2.46. The monoisotopic (exact) mass is 280 g/mol. The minimum absolute atomic E-state index is 0.304. The van der Waals surface area contributed by atoms with E-state index < -0.39 is 0 Å². The number of para-hydroxylation sites is 1. The smallest absolute Gasteiger partial charge is 0.0443 e. The molecule has 20 heavy (non-hydrogen) atoms. The molecule has 1 aromatic carbocycles. The summed E-state index contributed by atoms with van der Waals surface area (Å²) in [5.74, 6) is 0. The number of piperazine rings is 1. The third-order valence-electron chi connectivity index (χ3n) is 3.13. The predicted molar refractivity (Wildman–Crippen MR) is 89.5 cm³/mol. The fraction of sp³-hybridized carbons (Fsp3) is 0.647. The Labute approximate surface area is 125 Å². The molecule has 0 radical (unpaired) electrons. The minimum Gasteiger partial charge on any atom is -0.396 e. The summed E-state index contributed by atoms with van der Waals surface area (Å²) in [4.78, 5) is 4.85. The van der Waals surface area contributed by atoms with E-state index in [9.17, 15) is 0 Å². The van der Waals surface area contributed by atoms with Crippen LogP contribution >= 0.6 is 0 Å². The van der Waals surface area contributed by atoms with Crippen molar-refractivity contribution in [2.24, 2.45) is 0 Å². The van der Waals surface area contributed by atoms with Gasteiger partial charge in [-0.1, -0.05) is 45.9 Å². The highest BCUT2D eigenvalue weighted by atomic mass is 16.3. The van der Waals surface area contributed by atoms with Crippen molar-refractivity contribution in [3.63, 3.8) is 0 Å². The molecule has 1 saturated heterocycles. The van der Waals surface area contributed by atoms with Gasteiger partial charge < -0.3 is 10.0 Å². The first-order valence-electron chi connectivity index (χ1n) is 8.03. The molecule has 3 nitrogen and oxygen atoms in total. The first-order chi connectivity index (χ1) is 9.90. The zero-order chi connectivity index (χ0) is 15.2. The van der Waals surface area contributed by atoms with Crippen LogP contribution in [0, 0.1) is 0 Å². The summed E-state index contributed by atoms with van der Waals surface area (Å²) in [6.45, 7) is 13.7. The second-order valence-corrected chi connectivity index (χ2v) is 4.24. The molecule has 0 atom stereocenters. The van der Waals surface area contributed by atoms with Gasteiger partial charge in [0.2, 0.25) is 0 Å². The van der Waals surface area contributed by atoms with Crippen molar-refractivity contribution in [1.29, 1.82) is 0 Å². The first kappa shape index (κ1) is 18.9. The van der Waals surface area contributed by atoms with E-state index >= 15 is 0 Å². The molecule has 0 bridgehead atoms. The van der Waals surface area contributed by atoms with Crippen molar-refractivity contribution in [3.8, 4) is 0 Å². The quantitative estimate of drug-likeness (QED) is 0.917. The van der Waals surface area contributed by atoms with Crippen LogP contribution in [0.4, 0.5) is 5.69 Å². The molecule has 0 unspecified atom stereocenters. The fourth-order valence-corrected chi connectivity index (χ4v) is 2.16. The molecular formula is C17H32N2O. The summed E-state index contributed by atoms with van der Waals surface area (Å²) in [6, 6.07) is 10.6. The number of anilines is 1. The summed E-state index contributed by atoms with van der Waals surface area (Å²) in [6.07, 6.45) is 0.894. The van der Waals surface area contributed by atoms with E-state index in [2.05, 4.69) is 40.1 Å². The number of hydrogen-bond donors (Lipinski definition) is 1. The number of aliphatic hydroxyl groups excluding tert-OH is 1. The van der Waals surface area contributed by atoms with E-state index in [1.54, 1.807) is 0 Å². The molecule has 0 aromatic heterocycles. The third kappa shape index (κ3) is 6.92. The molecule has 1 fully saturated rings. The molecule has 0 aliphatic carbocycles. The highest BCUT2D eigenvalue weighted by molar-refractivity contribution is 5.46. The predicted octanol–water partition coefficient (Wildman–Crippen LogP) is 3.24. The summed E-state index contributed by atoms with van der Waals surface area (Å²) in [5, 5.41) is 8.79. The third-order valence-corrected chi connectivity index (χ3v) is 3.13. The summed E-state index contributed by atoms with van der Waals surface area (Å²) in [5.41, 5.74) is 1.32. The van der Waals surface area contributed by atoms with Gasteiger partial charge in [-0.05, 0) is 18.6 Å². The van der Waals surface area contributed by atoms with Gasteiger partial charge in [0.15, 0.2) is 0 Å². The minimum atomic E-state index is 0.304. The SMILES string of the molecule is CC.CC.OCCCN1CCN(c2ccccc2)CC1. The van der Waals surface area contributed by atoms with Gasteiger partial charge >= 0.3 is 0 Å². The standard InChI is InChI=1S/C13H20N2O.2C2H6/c16-12-4-7-14-8-10-15(11-9-14)13-5-2-1-3-6-13;2*1-2/h1-3,5-6,16H,4,7-12H2;2*1-2H3. The molecule has 1 heterocycles. The number of benzene rings is 1. The summed E-state index contributed by atoms with van der Waals surface area (Å²) >= 11 is 0. The summed E-state index contributed by atoms with van der Waals surface area (Å²) < 4.78 is 0. The highest BCUT2D eigenvalue weighted by Crippen LogP contribution is 2.15. The molecule has 0 spiro atoms. The van der Waals surface area contributed by atoms with E-state index in [1.165, 1.54) is 5.69 Å². The van der Waals surface area contributed by atoms with Gasteiger partial charge in [-0.15, -0.1) is 0 Å². The van der Waals surface area contributed by atoms with Crippen molar-refractivity contribution in [1.82, 2.24) is 4.90 Å². The molecule has 116 valence electrons. The van der Waals surface area contributed by atoms with Crippen molar-refractivity contribution in [2.45, 2.75) is 34.1 Å². The Bertz CT molecular complexity index is 295. The van der Waals surface area contributed by atoms with Crippen LogP contribution in [0.2, 0.25) is 0 Å². The number of hydrogen-bond acceptors (Lipinski definition) is 3. The van der Waals surface area contributed by atoms with Crippen LogP contribution in [-0.2, 0) is 0 Å². The zero-order valence-electron chi connectivity index (χ0n) is 13.7. The van der Waals surface area contributed by atoms with Crippen LogP contribution in [0.25, 0.3) is 0 Å². The molecule has 1 aliphatic heterocycles.